The van der Waals surface area contributed by atoms with E-state index in [1.54, 1.807) is 6.20 Å². The molecule has 2 aromatic rings. The van der Waals surface area contributed by atoms with Crippen LogP contribution >= 0.6 is 0 Å². The van der Waals surface area contributed by atoms with Crippen LogP contribution in [0.4, 0.5) is 5.69 Å². The van der Waals surface area contributed by atoms with E-state index in [2.05, 4.69) is 30.9 Å². The molecule has 0 radical (unpaired) electrons. The highest BCUT2D eigenvalue weighted by Gasteiger charge is 2.23. The zero-order chi connectivity index (χ0) is 13.9. The molecular weight excluding hydrogens is 262 g/mol. The molecule has 1 aliphatic carbocycles. The zero-order valence-electron chi connectivity index (χ0n) is 10.5. The van der Waals surface area contributed by atoms with Gasteiger partial charge in [-0.3, -0.25) is 19.4 Å². The van der Waals surface area contributed by atoms with Crippen LogP contribution < -0.4 is 10.6 Å². The van der Waals surface area contributed by atoms with Crippen molar-refractivity contribution in [2.24, 2.45) is 0 Å². The second kappa shape index (κ2) is 5.11. The number of amides is 2. The molecule has 104 valence electrons. The van der Waals surface area contributed by atoms with Crippen molar-refractivity contribution in [1.82, 2.24) is 30.3 Å². The van der Waals surface area contributed by atoms with E-state index in [1.807, 2.05) is 0 Å². The molecule has 1 fully saturated rings. The van der Waals surface area contributed by atoms with Gasteiger partial charge in [0.2, 0.25) is 11.7 Å². The Labute approximate surface area is 113 Å². The molecule has 9 heteroatoms. The molecule has 1 aliphatic rings. The molecule has 1 saturated carbocycles. The minimum atomic E-state index is -0.413. The Hall–Kier alpha value is -2.71. The Morgan fingerprint density at radius 3 is 3.00 bits per heavy atom. The van der Waals surface area contributed by atoms with Crippen LogP contribution in [0.25, 0.3) is 0 Å². The van der Waals surface area contributed by atoms with Crippen LogP contribution in [0.1, 0.15) is 23.5 Å². The van der Waals surface area contributed by atoms with E-state index in [-0.39, 0.29) is 18.3 Å². The number of hydrogen-bond donors (Lipinski definition) is 3. The summed E-state index contributed by atoms with van der Waals surface area (Å²) in [5.41, 5.74) is 0.491. The van der Waals surface area contributed by atoms with Gasteiger partial charge in [-0.1, -0.05) is 0 Å². The molecule has 0 bridgehead atoms. The van der Waals surface area contributed by atoms with E-state index in [9.17, 15) is 9.59 Å². The molecule has 20 heavy (non-hydrogen) atoms. The third kappa shape index (κ3) is 2.99. The lowest BCUT2D eigenvalue weighted by atomic mass is 10.5. The number of hydrogen-bond acceptors (Lipinski definition) is 5. The normalized spacial score (nSPS) is 14.0. The number of aromatic amines is 1. The molecule has 0 aliphatic heterocycles. The van der Waals surface area contributed by atoms with Crippen LogP contribution in [0.15, 0.2) is 18.7 Å². The summed E-state index contributed by atoms with van der Waals surface area (Å²) in [7, 11) is 0. The van der Waals surface area contributed by atoms with Crippen LogP contribution in [0.2, 0.25) is 0 Å². The summed E-state index contributed by atoms with van der Waals surface area (Å²) in [5, 5.41) is 15.5. The second-order valence-corrected chi connectivity index (χ2v) is 4.56. The fraction of sp³-hybridized carbons (Fsp3) is 0.364. The monoisotopic (exact) mass is 275 g/mol. The molecule has 3 N–H and O–H groups in total. The lowest BCUT2D eigenvalue weighted by molar-refractivity contribution is -0.122. The van der Waals surface area contributed by atoms with Crippen LogP contribution in [0.3, 0.4) is 0 Å². The number of anilines is 1. The molecule has 3 rings (SSSR count). The van der Waals surface area contributed by atoms with Gasteiger partial charge in [-0.05, 0) is 12.8 Å². The van der Waals surface area contributed by atoms with Crippen molar-refractivity contribution in [3.05, 3.63) is 24.5 Å². The van der Waals surface area contributed by atoms with E-state index in [0.29, 0.717) is 11.7 Å². The second-order valence-electron chi connectivity index (χ2n) is 4.56. The number of nitrogens with zero attached hydrogens (tertiary/aromatic N) is 4. The summed E-state index contributed by atoms with van der Waals surface area (Å²) in [4.78, 5) is 27.0. The minimum Gasteiger partial charge on any atom is -0.352 e. The standard InChI is InChI=1S/C11H13N7O2/c19-9(15-7-1-2-7)5-18-4-8(3-14-18)16-11(20)10-12-6-13-17-10/h3-4,6-7H,1-2,5H2,(H,15,19)(H,16,20)(H,12,13,17). The summed E-state index contributed by atoms with van der Waals surface area (Å²) in [6.07, 6.45) is 6.40. The quantitative estimate of drug-likeness (QED) is 0.682. The van der Waals surface area contributed by atoms with Gasteiger partial charge in [0.05, 0.1) is 11.9 Å². The lowest BCUT2D eigenvalue weighted by Crippen LogP contribution is -2.29. The van der Waals surface area contributed by atoms with E-state index in [1.165, 1.54) is 17.2 Å². The predicted octanol–water partition coefficient (Wildman–Crippen LogP) is -0.468. The topological polar surface area (TPSA) is 118 Å². The summed E-state index contributed by atoms with van der Waals surface area (Å²) in [6, 6.07) is 0.323. The SMILES string of the molecule is O=C(Cn1cc(NC(=O)c2ncn[nH]2)cn1)NC1CC1. The molecule has 0 unspecified atom stereocenters. The number of H-pyrrole nitrogens is 1. The van der Waals surface area contributed by atoms with Crippen molar-refractivity contribution in [2.45, 2.75) is 25.4 Å². The summed E-state index contributed by atoms with van der Waals surface area (Å²) in [5.74, 6) is -0.377. The van der Waals surface area contributed by atoms with Crippen LogP contribution in [-0.2, 0) is 11.3 Å². The number of rotatable bonds is 5. The Morgan fingerprint density at radius 2 is 2.30 bits per heavy atom. The van der Waals surface area contributed by atoms with Crippen LogP contribution in [0.5, 0.6) is 0 Å². The van der Waals surface area contributed by atoms with Gasteiger partial charge in [-0.2, -0.15) is 10.2 Å². The van der Waals surface area contributed by atoms with Crippen molar-refractivity contribution >= 4 is 17.5 Å². The molecule has 2 amide bonds. The summed E-state index contributed by atoms with van der Waals surface area (Å²) >= 11 is 0. The molecule has 0 atom stereocenters. The smallest absolute Gasteiger partial charge is 0.293 e. The average molecular weight is 275 g/mol. The van der Waals surface area contributed by atoms with E-state index < -0.39 is 5.91 Å². The first-order chi connectivity index (χ1) is 9.70. The van der Waals surface area contributed by atoms with Gasteiger partial charge in [-0.25, -0.2) is 4.98 Å². The lowest BCUT2D eigenvalue weighted by Gasteiger charge is -2.02. The van der Waals surface area contributed by atoms with E-state index in [0.717, 1.165) is 12.8 Å². The first-order valence-electron chi connectivity index (χ1n) is 6.19. The number of nitrogens with one attached hydrogen (secondary N) is 3. The molecule has 0 saturated heterocycles. The van der Waals surface area contributed by atoms with Crippen molar-refractivity contribution in [3.63, 3.8) is 0 Å². The molecular formula is C11H13N7O2. The Balaban J connectivity index is 1.56. The predicted molar refractivity (Wildman–Crippen MR) is 67.7 cm³/mol. The Morgan fingerprint density at radius 1 is 1.45 bits per heavy atom. The number of aromatic nitrogens is 5. The summed E-state index contributed by atoms with van der Waals surface area (Å²) < 4.78 is 1.47. The maximum Gasteiger partial charge on any atom is 0.293 e. The Bertz CT molecular complexity index is 615. The van der Waals surface area contributed by atoms with Crippen LogP contribution in [0, 0.1) is 0 Å². The van der Waals surface area contributed by atoms with Crippen molar-refractivity contribution < 1.29 is 9.59 Å². The molecule has 0 spiro atoms. The highest BCUT2D eigenvalue weighted by atomic mass is 16.2. The summed E-state index contributed by atoms with van der Waals surface area (Å²) in [6.45, 7) is 0.134. The highest BCUT2D eigenvalue weighted by molar-refractivity contribution is 6.01. The fourth-order valence-corrected chi connectivity index (χ4v) is 1.67. The maximum atomic E-state index is 11.7. The van der Waals surface area contributed by atoms with E-state index >= 15 is 0 Å². The first-order valence-corrected chi connectivity index (χ1v) is 6.19. The van der Waals surface area contributed by atoms with Crippen molar-refractivity contribution in [3.8, 4) is 0 Å². The highest BCUT2D eigenvalue weighted by Crippen LogP contribution is 2.18. The van der Waals surface area contributed by atoms with Gasteiger partial charge in [0.15, 0.2) is 0 Å². The van der Waals surface area contributed by atoms with Crippen molar-refractivity contribution in [2.75, 3.05) is 5.32 Å². The fourth-order valence-electron chi connectivity index (χ4n) is 1.67. The molecule has 9 nitrogen and oxygen atoms in total. The zero-order valence-corrected chi connectivity index (χ0v) is 10.5. The van der Waals surface area contributed by atoms with Gasteiger partial charge >= 0.3 is 0 Å². The number of carbonyl (C=O) groups is 2. The largest absolute Gasteiger partial charge is 0.352 e. The third-order valence-corrected chi connectivity index (χ3v) is 2.77. The van der Waals surface area contributed by atoms with E-state index in [4.69, 9.17) is 0 Å². The Kier molecular flexibility index (Phi) is 3.15. The molecule has 2 heterocycles. The van der Waals surface area contributed by atoms with Gasteiger partial charge in [0.25, 0.3) is 5.91 Å². The van der Waals surface area contributed by atoms with Crippen molar-refractivity contribution in [1.29, 1.82) is 0 Å². The van der Waals surface area contributed by atoms with Gasteiger partial charge in [0.1, 0.15) is 12.9 Å². The first kappa shape index (κ1) is 12.3. The molecule has 0 aromatic carbocycles. The number of carbonyl (C=O) groups excluding carboxylic acids is 2. The van der Waals surface area contributed by atoms with Gasteiger partial charge < -0.3 is 10.6 Å². The molecule has 2 aromatic heterocycles. The van der Waals surface area contributed by atoms with Gasteiger partial charge in [0, 0.05) is 12.2 Å². The van der Waals surface area contributed by atoms with Crippen LogP contribution in [-0.4, -0.2) is 42.8 Å². The third-order valence-electron chi connectivity index (χ3n) is 2.77. The minimum absolute atomic E-state index is 0.0799. The average Bonchev–Trinajstić information content (AvgIpc) is 2.93. The maximum absolute atomic E-state index is 11.7. The van der Waals surface area contributed by atoms with Gasteiger partial charge in [-0.15, -0.1) is 0 Å².